The fourth-order valence-electron chi connectivity index (χ4n) is 3.37. The van der Waals surface area contributed by atoms with Crippen LogP contribution in [0.5, 0.6) is 0 Å². The molecule has 4 aromatic rings. The molecule has 0 radical (unpaired) electrons. The zero-order valence-corrected chi connectivity index (χ0v) is 16.0. The molecule has 0 saturated carbocycles. The van der Waals surface area contributed by atoms with Crippen molar-refractivity contribution < 1.29 is 0 Å². The summed E-state index contributed by atoms with van der Waals surface area (Å²) in [5.41, 5.74) is 9.21. The van der Waals surface area contributed by atoms with Crippen molar-refractivity contribution in [1.82, 2.24) is 14.8 Å². The molecule has 0 atom stereocenters. The van der Waals surface area contributed by atoms with Crippen LogP contribution in [0.2, 0.25) is 0 Å². The summed E-state index contributed by atoms with van der Waals surface area (Å²) in [5, 5.41) is 4.98. The molecular formula is C24H23N3. The first-order chi connectivity index (χ1) is 13.1. The number of pyridine rings is 1. The normalized spacial score (nSPS) is 10.9. The minimum Gasteiger partial charge on any atom is -0.259 e. The smallest absolute Gasteiger partial charge is 0.0959 e. The summed E-state index contributed by atoms with van der Waals surface area (Å²) in [7, 11) is 0. The number of aromatic nitrogens is 3. The van der Waals surface area contributed by atoms with E-state index in [2.05, 4.69) is 79.0 Å². The highest BCUT2D eigenvalue weighted by Gasteiger charge is 2.17. The summed E-state index contributed by atoms with van der Waals surface area (Å²) in [5.74, 6) is 0. The largest absolute Gasteiger partial charge is 0.259 e. The second kappa shape index (κ2) is 7.20. The lowest BCUT2D eigenvalue weighted by Gasteiger charge is -2.09. The summed E-state index contributed by atoms with van der Waals surface area (Å²) in [6.07, 6.45) is 1.83. The van der Waals surface area contributed by atoms with E-state index in [0.29, 0.717) is 6.54 Å². The lowest BCUT2D eigenvalue weighted by molar-refractivity contribution is 0.682. The number of aryl methyl sites for hydroxylation is 2. The second-order valence-corrected chi connectivity index (χ2v) is 7.03. The number of benzene rings is 2. The monoisotopic (exact) mass is 353 g/mol. The van der Waals surface area contributed by atoms with Crippen LogP contribution in [0.1, 0.15) is 22.4 Å². The molecule has 0 aliphatic heterocycles. The van der Waals surface area contributed by atoms with Crippen molar-refractivity contribution in [2.75, 3.05) is 0 Å². The van der Waals surface area contributed by atoms with Gasteiger partial charge in [-0.1, -0.05) is 65.7 Å². The molecule has 0 aliphatic rings. The van der Waals surface area contributed by atoms with Gasteiger partial charge in [-0.2, -0.15) is 5.10 Å². The molecule has 2 aromatic carbocycles. The molecule has 0 N–H and O–H groups in total. The lowest BCUT2D eigenvalue weighted by Crippen LogP contribution is -2.05. The molecule has 0 amide bonds. The molecule has 27 heavy (non-hydrogen) atoms. The third-order valence-corrected chi connectivity index (χ3v) is 4.88. The Morgan fingerprint density at radius 2 is 1.37 bits per heavy atom. The van der Waals surface area contributed by atoms with Gasteiger partial charge in [0, 0.05) is 22.9 Å². The fourth-order valence-corrected chi connectivity index (χ4v) is 3.37. The Morgan fingerprint density at radius 3 is 1.96 bits per heavy atom. The highest BCUT2D eigenvalue weighted by Crippen LogP contribution is 2.32. The summed E-state index contributed by atoms with van der Waals surface area (Å²) in [6.45, 7) is 7.02. The molecule has 4 rings (SSSR count). The van der Waals surface area contributed by atoms with Gasteiger partial charge in [0.15, 0.2) is 0 Å². The van der Waals surface area contributed by atoms with Gasteiger partial charge in [0.2, 0.25) is 0 Å². The molecule has 0 aliphatic carbocycles. The number of hydrogen-bond acceptors (Lipinski definition) is 2. The van der Waals surface area contributed by atoms with Crippen LogP contribution in [0.4, 0.5) is 0 Å². The summed E-state index contributed by atoms with van der Waals surface area (Å²) >= 11 is 0. The topological polar surface area (TPSA) is 30.7 Å². The average molecular weight is 353 g/mol. The van der Waals surface area contributed by atoms with Crippen LogP contribution in [-0.4, -0.2) is 14.8 Å². The van der Waals surface area contributed by atoms with Crippen molar-refractivity contribution in [2.45, 2.75) is 27.3 Å². The molecule has 0 saturated heterocycles. The Labute approximate surface area is 160 Å². The highest BCUT2D eigenvalue weighted by molar-refractivity contribution is 5.74. The van der Waals surface area contributed by atoms with Crippen LogP contribution < -0.4 is 0 Å². The first-order valence-corrected chi connectivity index (χ1v) is 9.23. The minimum atomic E-state index is 0.650. The molecule has 3 nitrogen and oxygen atoms in total. The van der Waals surface area contributed by atoms with Crippen molar-refractivity contribution in [3.8, 4) is 22.5 Å². The van der Waals surface area contributed by atoms with Crippen molar-refractivity contribution in [2.24, 2.45) is 0 Å². The number of hydrogen-bond donors (Lipinski definition) is 0. The first-order valence-electron chi connectivity index (χ1n) is 9.23. The van der Waals surface area contributed by atoms with E-state index in [0.717, 1.165) is 22.6 Å². The second-order valence-electron chi connectivity index (χ2n) is 7.03. The van der Waals surface area contributed by atoms with E-state index in [9.17, 15) is 0 Å². The maximum atomic E-state index is 4.98. The predicted octanol–water partition coefficient (Wildman–Crippen LogP) is 5.59. The number of nitrogens with zero attached hydrogens (tertiary/aromatic N) is 3. The summed E-state index contributed by atoms with van der Waals surface area (Å²) in [6, 6.07) is 23.2. The van der Waals surface area contributed by atoms with Crippen molar-refractivity contribution >= 4 is 0 Å². The van der Waals surface area contributed by atoms with Gasteiger partial charge in [-0.3, -0.25) is 9.67 Å². The van der Waals surface area contributed by atoms with Gasteiger partial charge in [-0.15, -0.1) is 0 Å². The van der Waals surface area contributed by atoms with E-state index in [1.165, 1.54) is 22.3 Å². The molecule has 2 aromatic heterocycles. The van der Waals surface area contributed by atoms with Crippen LogP contribution in [0, 0.1) is 20.8 Å². The van der Waals surface area contributed by atoms with Crippen molar-refractivity contribution in [3.05, 3.63) is 95.3 Å². The fraction of sp³-hybridized carbons (Fsp3) is 0.167. The molecule has 0 bridgehead atoms. The van der Waals surface area contributed by atoms with Crippen molar-refractivity contribution in [1.29, 1.82) is 0 Å². The van der Waals surface area contributed by atoms with E-state index >= 15 is 0 Å². The Bertz CT molecular complexity index is 1040. The van der Waals surface area contributed by atoms with E-state index < -0.39 is 0 Å². The van der Waals surface area contributed by atoms with Gasteiger partial charge in [0.25, 0.3) is 0 Å². The van der Waals surface area contributed by atoms with Gasteiger partial charge in [0.05, 0.1) is 23.6 Å². The van der Waals surface area contributed by atoms with E-state index in [4.69, 9.17) is 5.10 Å². The average Bonchev–Trinajstić information content (AvgIpc) is 3.00. The zero-order valence-electron chi connectivity index (χ0n) is 16.0. The van der Waals surface area contributed by atoms with Crippen LogP contribution in [-0.2, 0) is 6.54 Å². The van der Waals surface area contributed by atoms with Crippen LogP contribution in [0.3, 0.4) is 0 Å². The third-order valence-electron chi connectivity index (χ3n) is 4.88. The van der Waals surface area contributed by atoms with Gasteiger partial charge in [-0.25, -0.2) is 0 Å². The maximum absolute atomic E-state index is 4.98. The predicted molar refractivity (Wildman–Crippen MR) is 111 cm³/mol. The molecule has 0 unspecified atom stereocenters. The Kier molecular flexibility index (Phi) is 4.59. The van der Waals surface area contributed by atoms with E-state index in [1.807, 2.05) is 24.4 Å². The molecule has 2 heterocycles. The molecule has 3 heteroatoms. The summed E-state index contributed by atoms with van der Waals surface area (Å²) < 4.78 is 2.08. The van der Waals surface area contributed by atoms with Crippen LogP contribution in [0.25, 0.3) is 22.5 Å². The quantitative estimate of drug-likeness (QED) is 0.479. The van der Waals surface area contributed by atoms with Gasteiger partial charge in [0.1, 0.15) is 0 Å². The SMILES string of the molecule is Cc1ccc(-c2nn(Cc3ccccn3)c(-c3ccc(C)cc3)c2C)cc1. The van der Waals surface area contributed by atoms with Crippen LogP contribution >= 0.6 is 0 Å². The molecule has 0 fully saturated rings. The van der Waals surface area contributed by atoms with E-state index in [1.54, 1.807) is 0 Å². The summed E-state index contributed by atoms with van der Waals surface area (Å²) in [4.78, 5) is 4.49. The Hall–Kier alpha value is -3.20. The van der Waals surface area contributed by atoms with E-state index in [-0.39, 0.29) is 0 Å². The minimum absolute atomic E-state index is 0.650. The van der Waals surface area contributed by atoms with Crippen molar-refractivity contribution in [3.63, 3.8) is 0 Å². The van der Waals surface area contributed by atoms with Gasteiger partial charge >= 0.3 is 0 Å². The first kappa shape index (κ1) is 17.2. The standard InChI is InChI=1S/C24H23N3/c1-17-7-11-20(12-8-17)23-19(3)24(21-13-9-18(2)10-14-21)27(26-23)16-22-6-4-5-15-25-22/h4-15H,16H2,1-3H3. The van der Waals surface area contributed by atoms with Gasteiger partial charge in [-0.05, 0) is 32.9 Å². The maximum Gasteiger partial charge on any atom is 0.0959 e. The van der Waals surface area contributed by atoms with Crippen LogP contribution in [0.15, 0.2) is 72.9 Å². The number of rotatable bonds is 4. The molecular weight excluding hydrogens is 330 g/mol. The van der Waals surface area contributed by atoms with Gasteiger partial charge < -0.3 is 0 Å². The Balaban J connectivity index is 1.86. The third kappa shape index (κ3) is 3.54. The highest BCUT2D eigenvalue weighted by atomic mass is 15.3. The lowest BCUT2D eigenvalue weighted by atomic mass is 10.0. The molecule has 134 valence electrons. The zero-order chi connectivity index (χ0) is 18.8. The molecule has 0 spiro atoms. The Morgan fingerprint density at radius 1 is 0.741 bits per heavy atom.